The minimum atomic E-state index is 0.276. The highest BCUT2D eigenvalue weighted by Gasteiger charge is 2.32. The summed E-state index contributed by atoms with van der Waals surface area (Å²) in [6.07, 6.45) is 4.05. The summed E-state index contributed by atoms with van der Waals surface area (Å²) in [6, 6.07) is 2.05. The van der Waals surface area contributed by atoms with Crippen molar-refractivity contribution in [2.24, 2.45) is 5.41 Å². The van der Waals surface area contributed by atoms with Crippen LogP contribution >= 0.6 is 12.6 Å². The molecule has 0 aliphatic carbocycles. The van der Waals surface area contributed by atoms with Crippen molar-refractivity contribution in [1.82, 2.24) is 9.78 Å². The summed E-state index contributed by atoms with van der Waals surface area (Å²) in [5.74, 6) is 0.912. The van der Waals surface area contributed by atoms with Crippen molar-refractivity contribution < 1.29 is 4.74 Å². The zero-order valence-corrected chi connectivity index (χ0v) is 10.0. The Kier molecular flexibility index (Phi) is 3.36. The molecule has 2 rings (SSSR count). The van der Waals surface area contributed by atoms with Crippen LogP contribution in [0.3, 0.4) is 0 Å². The van der Waals surface area contributed by atoms with Crippen molar-refractivity contribution in [1.29, 1.82) is 0 Å². The molecule has 0 N–H and O–H groups in total. The van der Waals surface area contributed by atoms with Gasteiger partial charge in [-0.05, 0) is 31.6 Å². The largest absolute Gasteiger partial charge is 0.381 e. The van der Waals surface area contributed by atoms with Gasteiger partial charge in [-0.15, -0.1) is 0 Å². The minimum absolute atomic E-state index is 0.276. The SMILES string of the molecule is Cc1ccnn1CC1(CS)CCOCC1. The quantitative estimate of drug-likeness (QED) is 0.797. The maximum absolute atomic E-state index is 5.41. The van der Waals surface area contributed by atoms with E-state index in [1.807, 2.05) is 12.3 Å². The van der Waals surface area contributed by atoms with E-state index in [2.05, 4.69) is 29.3 Å². The molecule has 1 aromatic rings. The Morgan fingerprint density at radius 2 is 2.27 bits per heavy atom. The van der Waals surface area contributed by atoms with Gasteiger partial charge in [0.1, 0.15) is 0 Å². The first-order chi connectivity index (χ1) is 7.26. The van der Waals surface area contributed by atoms with Crippen LogP contribution in [0, 0.1) is 12.3 Å². The van der Waals surface area contributed by atoms with Gasteiger partial charge in [-0.25, -0.2) is 0 Å². The van der Waals surface area contributed by atoms with E-state index in [0.29, 0.717) is 0 Å². The molecule has 0 amide bonds. The van der Waals surface area contributed by atoms with E-state index in [1.165, 1.54) is 5.69 Å². The first kappa shape index (κ1) is 11.0. The Hall–Kier alpha value is -0.480. The summed E-state index contributed by atoms with van der Waals surface area (Å²) in [4.78, 5) is 0. The van der Waals surface area contributed by atoms with Crippen molar-refractivity contribution in [3.05, 3.63) is 18.0 Å². The second kappa shape index (κ2) is 4.58. The van der Waals surface area contributed by atoms with E-state index in [-0.39, 0.29) is 5.41 Å². The van der Waals surface area contributed by atoms with Crippen molar-refractivity contribution in [3.8, 4) is 0 Å². The fourth-order valence-electron chi connectivity index (χ4n) is 2.05. The van der Waals surface area contributed by atoms with Crippen molar-refractivity contribution in [2.45, 2.75) is 26.3 Å². The lowest BCUT2D eigenvalue weighted by Gasteiger charge is -2.36. The predicted octanol–water partition coefficient (Wildman–Crippen LogP) is 1.92. The van der Waals surface area contributed by atoms with E-state index in [9.17, 15) is 0 Å². The third-order valence-electron chi connectivity index (χ3n) is 3.30. The van der Waals surface area contributed by atoms with E-state index in [0.717, 1.165) is 38.4 Å². The van der Waals surface area contributed by atoms with Crippen LogP contribution in [0.4, 0.5) is 0 Å². The van der Waals surface area contributed by atoms with Crippen LogP contribution in [0.1, 0.15) is 18.5 Å². The highest BCUT2D eigenvalue weighted by Crippen LogP contribution is 2.33. The smallest absolute Gasteiger partial charge is 0.0492 e. The molecule has 1 aliphatic rings. The Labute approximate surface area is 96.2 Å². The standard InChI is InChI=1S/C11H18N2OS/c1-10-2-5-12-13(10)8-11(9-15)3-6-14-7-4-11/h2,5,15H,3-4,6-9H2,1H3. The molecule has 0 bridgehead atoms. The molecule has 4 heteroatoms. The van der Waals surface area contributed by atoms with Crippen molar-refractivity contribution in [2.75, 3.05) is 19.0 Å². The fraction of sp³-hybridized carbons (Fsp3) is 0.727. The van der Waals surface area contributed by atoms with Gasteiger partial charge < -0.3 is 4.74 Å². The first-order valence-electron chi connectivity index (χ1n) is 5.43. The molecule has 15 heavy (non-hydrogen) atoms. The van der Waals surface area contributed by atoms with E-state index < -0.39 is 0 Å². The third-order valence-corrected chi connectivity index (χ3v) is 3.97. The second-order valence-corrected chi connectivity index (χ2v) is 4.72. The topological polar surface area (TPSA) is 27.1 Å². The molecule has 0 spiro atoms. The molecule has 0 atom stereocenters. The molecule has 1 saturated heterocycles. The van der Waals surface area contributed by atoms with E-state index >= 15 is 0 Å². The van der Waals surface area contributed by atoms with Gasteiger partial charge in [0.15, 0.2) is 0 Å². The lowest BCUT2D eigenvalue weighted by atomic mass is 9.82. The van der Waals surface area contributed by atoms with Crippen LogP contribution in [-0.2, 0) is 11.3 Å². The number of hydrogen-bond donors (Lipinski definition) is 1. The van der Waals surface area contributed by atoms with Crippen LogP contribution in [0.15, 0.2) is 12.3 Å². The van der Waals surface area contributed by atoms with E-state index in [1.54, 1.807) is 0 Å². The summed E-state index contributed by atoms with van der Waals surface area (Å²) >= 11 is 4.50. The van der Waals surface area contributed by atoms with Gasteiger partial charge in [0.05, 0.1) is 0 Å². The Morgan fingerprint density at radius 3 is 2.80 bits per heavy atom. The lowest BCUT2D eigenvalue weighted by molar-refractivity contribution is 0.0162. The second-order valence-electron chi connectivity index (χ2n) is 4.40. The zero-order valence-electron chi connectivity index (χ0n) is 9.15. The van der Waals surface area contributed by atoms with Crippen LogP contribution < -0.4 is 0 Å². The summed E-state index contributed by atoms with van der Waals surface area (Å²) in [6.45, 7) is 4.79. The molecule has 84 valence electrons. The van der Waals surface area contributed by atoms with Crippen LogP contribution in [0.2, 0.25) is 0 Å². The van der Waals surface area contributed by atoms with Gasteiger partial charge in [-0.1, -0.05) is 0 Å². The van der Waals surface area contributed by atoms with Gasteiger partial charge in [0.2, 0.25) is 0 Å². The molecule has 1 fully saturated rings. The predicted molar refractivity (Wildman–Crippen MR) is 63.3 cm³/mol. The van der Waals surface area contributed by atoms with Gasteiger partial charge >= 0.3 is 0 Å². The Bertz CT molecular complexity index is 318. The summed E-state index contributed by atoms with van der Waals surface area (Å²) in [5, 5.41) is 4.34. The molecular weight excluding hydrogens is 208 g/mol. The van der Waals surface area contributed by atoms with Crippen molar-refractivity contribution >= 4 is 12.6 Å². The normalized spacial score (nSPS) is 20.4. The number of nitrogens with zero attached hydrogens (tertiary/aromatic N) is 2. The average Bonchev–Trinajstić information content (AvgIpc) is 2.66. The molecule has 0 saturated carbocycles. The van der Waals surface area contributed by atoms with E-state index in [4.69, 9.17) is 4.74 Å². The maximum Gasteiger partial charge on any atom is 0.0492 e. The first-order valence-corrected chi connectivity index (χ1v) is 6.06. The maximum atomic E-state index is 5.41. The fourth-order valence-corrected chi connectivity index (χ4v) is 2.47. The van der Waals surface area contributed by atoms with Crippen LogP contribution in [0.25, 0.3) is 0 Å². The van der Waals surface area contributed by atoms with Crippen LogP contribution in [-0.4, -0.2) is 28.7 Å². The number of rotatable bonds is 3. The molecule has 0 unspecified atom stereocenters. The molecular formula is C11H18N2OS. The summed E-state index contributed by atoms with van der Waals surface area (Å²) in [5.41, 5.74) is 1.50. The Balaban J connectivity index is 2.10. The van der Waals surface area contributed by atoms with Gasteiger partial charge in [0, 0.05) is 37.1 Å². The molecule has 3 nitrogen and oxygen atoms in total. The Morgan fingerprint density at radius 1 is 1.53 bits per heavy atom. The molecule has 1 aromatic heterocycles. The summed E-state index contributed by atoms with van der Waals surface area (Å²) < 4.78 is 7.50. The van der Waals surface area contributed by atoms with Crippen molar-refractivity contribution in [3.63, 3.8) is 0 Å². The monoisotopic (exact) mass is 226 g/mol. The number of ether oxygens (including phenoxy) is 1. The average molecular weight is 226 g/mol. The minimum Gasteiger partial charge on any atom is -0.381 e. The number of aromatic nitrogens is 2. The highest BCUT2D eigenvalue weighted by molar-refractivity contribution is 7.80. The summed E-state index contributed by atoms with van der Waals surface area (Å²) in [7, 11) is 0. The number of thiol groups is 1. The lowest BCUT2D eigenvalue weighted by Crippen LogP contribution is -2.36. The molecule has 1 aliphatic heterocycles. The number of aryl methyl sites for hydroxylation is 1. The van der Waals surface area contributed by atoms with Gasteiger partial charge in [-0.2, -0.15) is 17.7 Å². The molecule has 2 heterocycles. The van der Waals surface area contributed by atoms with Gasteiger partial charge in [-0.3, -0.25) is 4.68 Å². The van der Waals surface area contributed by atoms with Crippen LogP contribution in [0.5, 0.6) is 0 Å². The van der Waals surface area contributed by atoms with Gasteiger partial charge in [0.25, 0.3) is 0 Å². The zero-order chi connectivity index (χ0) is 10.7. The highest BCUT2D eigenvalue weighted by atomic mass is 32.1. The molecule has 0 radical (unpaired) electrons. The molecule has 0 aromatic carbocycles. The third kappa shape index (κ3) is 2.37. The number of hydrogen-bond acceptors (Lipinski definition) is 3.